The van der Waals surface area contributed by atoms with Crippen molar-refractivity contribution in [1.29, 1.82) is 0 Å². The molecule has 2 N–H and O–H groups in total. The number of benzene rings is 2. The Balaban J connectivity index is 1.71. The van der Waals surface area contributed by atoms with Crippen LogP contribution in [0.25, 0.3) is 0 Å². The summed E-state index contributed by atoms with van der Waals surface area (Å²) in [5.41, 5.74) is -0.399. The van der Waals surface area contributed by atoms with Crippen LogP contribution in [-0.2, 0) is 15.8 Å². The molecule has 26 heavy (non-hydrogen) atoms. The second-order valence-corrected chi connectivity index (χ2v) is 7.19. The highest BCUT2D eigenvalue weighted by Gasteiger charge is 2.32. The van der Waals surface area contributed by atoms with Gasteiger partial charge in [0.05, 0.1) is 27.2 Å². The lowest BCUT2D eigenvalue weighted by Crippen LogP contribution is -2.32. The number of rotatable bonds is 3. The summed E-state index contributed by atoms with van der Waals surface area (Å²) in [6.45, 7) is 0. The molecule has 1 atom stereocenters. The van der Waals surface area contributed by atoms with Gasteiger partial charge in [0, 0.05) is 11.3 Å². The molecule has 0 fully saturated rings. The number of anilines is 2. The van der Waals surface area contributed by atoms with Crippen molar-refractivity contribution in [1.82, 2.24) is 0 Å². The minimum absolute atomic E-state index is 0.0163. The zero-order valence-electron chi connectivity index (χ0n) is 13.1. The summed E-state index contributed by atoms with van der Waals surface area (Å²) in [6, 6.07) is 9.82. The zero-order valence-corrected chi connectivity index (χ0v) is 14.6. The SMILES string of the molecule is O=C(C[C@@H]1Sc2ccccc2NC1=O)Nc1cc(C(F)(F)F)ccc1Cl. The van der Waals surface area contributed by atoms with Gasteiger partial charge in [-0.2, -0.15) is 13.2 Å². The molecule has 2 aromatic rings. The Bertz CT molecular complexity index is 873. The largest absolute Gasteiger partial charge is 0.416 e. The van der Waals surface area contributed by atoms with E-state index >= 15 is 0 Å². The molecule has 136 valence electrons. The van der Waals surface area contributed by atoms with Crippen molar-refractivity contribution in [2.45, 2.75) is 22.7 Å². The number of thioether (sulfide) groups is 1. The van der Waals surface area contributed by atoms with Gasteiger partial charge in [0.2, 0.25) is 11.8 Å². The summed E-state index contributed by atoms with van der Waals surface area (Å²) in [5, 5.41) is 4.35. The van der Waals surface area contributed by atoms with Crippen LogP contribution in [0.5, 0.6) is 0 Å². The maximum atomic E-state index is 12.8. The van der Waals surface area contributed by atoms with Crippen LogP contribution in [0.15, 0.2) is 47.4 Å². The highest BCUT2D eigenvalue weighted by atomic mass is 35.5. The van der Waals surface area contributed by atoms with E-state index in [9.17, 15) is 22.8 Å². The van der Waals surface area contributed by atoms with E-state index in [1.807, 2.05) is 12.1 Å². The Labute approximate surface area is 156 Å². The third kappa shape index (κ3) is 4.13. The fourth-order valence-electron chi connectivity index (χ4n) is 2.39. The summed E-state index contributed by atoms with van der Waals surface area (Å²) in [6.07, 6.45) is -4.75. The number of alkyl halides is 3. The molecule has 0 aromatic heterocycles. The average molecular weight is 401 g/mol. The normalized spacial score (nSPS) is 16.6. The Kier molecular flexibility index (Phi) is 5.15. The predicted molar refractivity (Wildman–Crippen MR) is 94.4 cm³/mol. The minimum atomic E-state index is -4.55. The number of hydrogen-bond acceptors (Lipinski definition) is 3. The topological polar surface area (TPSA) is 58.2 Å². The molecule has 3 rings (SSSR count). The van der Waals surface area contributed by atoms with Gasteiger partial charge >= 0.3 is 6.18 Å². The summed E-state index contributed by atoms with van der Waals surface area (Å²) in [5.74, 6) is -0.933. The molecule has 9 heteroatoms. The number of hydrogen-bond donors (Lipinski definition) is 2. The maximum absolute atomic E-state index is 12.8. The van der Waals surface area contributed by atoms with Crippen molar-refractivity contribution >= 4 is 46.6 Å². The summed E-state index contributed by atoms with van der Waals surface area (Å²) in [4.78, 5) is 25.1. The van der Waals surface area contributed by atoms with Crippen molar-refractivity contribution in [2.24, 2.45) is 0 Å². The predicted octanol–water partition coefficient (Wildman–Crippen LogP) is 4.80. The van der Waals surface area contributed by atoms with E-state index in [2.05, 4.69) is 10.6 Å². The molecule has 0 unspecified atom stereocenters. The van der Waals surface area contributed by atoms with Crippen LogP contribution in [0, 0.1) is 0 Å². The first kappa shape index (κ1) is 18.6. The van der Waals surface area contributed by atoms with Gasteiger partial charge in [-0.25, -0.2) is 0 Å². The average Bonchev–Trinajstić information content (AvgIpc) is 2.56. The van der Waals surface area contributed by atoms with E-state index in [0.29, 0.717) is 5.69 Å². The van der Waals surface area contributed by atoms with Crippen LogP contribution in [0.4, 0.5) is 24.5 Å². The van der Waals surface area contributed by atoms with Gasteiger partial charge in [0.25, 0.3) is 0 Å². The summed E-state index contributed by atoms with van der Waals surface area (Å²) < 4.78 is 38.4. The van der Waals surface area contributed by atoms with Gasteiger partial charge in [-0.05, 0) is 30.3 Å². The third-order valence-corrected chi connectivity index (χ3v) is 5.25. The maximum Gasteiger partial charge on any atom is 0.416 e. The first-order valence-electron chi connectivity index (χ1n) is 7.47. The monoisotopic (exact) mass is 400 g/mol. The van der Waals surface area contributed by atoms with Gasteiger partial charge < -0.3 is 10.6 Å². The fourth-order valence-corrected chi connectivity index (χ4v) is 3.67. The van der Waals surface area contributed by atoms with E-state index in [4.69, 9.17) is 11.6 Å². The lowest BCUT2D eigenvalue weighted by Gasteiger charge is -2.23. The molecule has 0 spiro atoms. The quantitative estimate of drug-likeness (QED) is 0.778. The first-order valence-corrected chi connectivity index (χ1v) is 8.73. The highest BCUT2D eigenvalue weighted by molar-refractivity contribution is 8.01. The number of carbonyl (C=O) groups is 2. The molecule has 0 saturated heterocycles. The van der Waals surface area contributed by atoms with E-state index in [1.165, 1.54) is 11.8 Å². The number of fused-ring (bicyclic) bond motifs is 1. The summed E-state index contributed by atoms with van der Waals surface area (Å²) in [7, 11) is 0. The van der Waals surface area contributed by atoms with Gasteiger partial charge in [0.1, 0.15) is 0 Å². The van der Waals surface area contributed by atoms with E-state index in [1.54, 1.807) is 12.1 Å². The van der Waals surface area contributed by atoms with Crippen molar-refractivity contribution in [3.8, 4) is 0 Å². The Morgan fingerprint density at radius 2 is 1.96 bits per heavy atom. The Morgan fingerprint density at radius 3 is 2.69 bits per heavy atom. The van der Waals surface area contributed by atoms with Crippen LogP contribution in [0.1, 0.15) is 12.0 Å². The highest BCUT2D eigenvalue weighted by Crippen LogP contribution is 2.37. The molecule has 0 radical (unpaired) electrons. The van der Waals surface area contributed by atoms with E-state index in [-0.39, 0.29) is 23.0 Å². The van der Waals surface area contributed by atoms with E-state index < -0.39 is 22.9 Å². The van der Waals surface area contributed by atoms with Gasteiger partial charge in [-0.3, -0.25) is 9.59 Å². The van der Waals surface area contributed by atoms with Gasteiger partial charge in [-0.15, -0.1) is 11.8 Å². The molecule has 4 nitrogen and oxygen atoms in total. The molecule has 0 aliphatic carbocycles. The van der Waals surface area contributed by atoms with Crippen LogP contribution < -0.4 is 10.6 Å². The van der Waals surface area contributed by atoms with Crippen molar-refractivity contribution in [3.05, 3.63) is 53.1 Å². The van der Waals surface area contributed by atoms with Crippen LogP contribution >= 0.6 is 23.4 Å². The lowest BCUT2D eigenvalue weighted by atomic mass is 10.2. The number of halogens is 4. The Morgan fingerprint density at radius 1 is 1.23 bits per heavy atom. The standard InChI is InChI=1S/C17H12ClF3N2O2S/c18-10-6-5-9(17(19,20)21)7-12(10)22-15(24)8-14-16(25)23-11-3-1-2-4-13(11)26-14/h1-7,14H,8H2,(H,22,24)(H,23,25)/t14-/m0/s1. The van der Waals surface area contributed by atoms with Crippen molar-refractivity contribution in [3.63, 3.8) is 0 Å². The molecule has 2 amide bonds. The molecule has 1 aliphatic rings. The van der Waals surface area contributed by atoms with Gasteiger partial charge in [-0.1, -0.05) is 23.7 Å². The number of amides is 2. The second-order valence-electron chi connectivity index (χ2n) is 5.54. The van der Waals surface area contributed by atoms with Crippen LogP contribution in [-0.4, -0.2) is 17.1 Å². The lowest BCUT2D eigenvalue weighted by molar-refractivity contribution is -0.137. The summed E-state index contributed by atoms with van der Waals surface area (Å²) >= 11 is 7.09. The fraction of sp³-hybridized carbons (Fsp3) is 0.176. The molecule has 0 saturated carbocycles. The molecule has 1 aliphatic heterocycles. The molecular weight excluding hydrogens is 389 g/mol. The first-order chi connectivity index (χ1) is 12.2. The third-order valence-electron chi connectivity index (χ3n) is 3.65. The molecule has 0 bridgehead atoms. The molecule has 2 aromatic carbocycles. The van der Waals surface area contributed by atoms with Crippen LogP contribution in [0.3, 0.4) is 0 Å². The van der Waals surface area contributed by atoms with Crippen molar-refractivity contribution in [2.75, 3.05) is 10.6 Å². The number of carbonyl (C=O) groups excluding carboxylic acids is 2. The molecular formula is C17H12ClF3N2O2S. The molecule has 1 heterocycles. The zero-order chi connectivity index (χ0) is 18.9. The smallest absolute Gasteiger partial charge is 0.325 e. The number of para-hydroxylation sites is 1. The van der Waals surface area contributed by atoms with Crippen LogP contribution in [0.2, 0.25) is 5.02 Å². The van der Waals surface area contributed by atoms with Gasteiger partial charge in [0.15, 0.2) is 0 Å². The van der Waals surface area contributed by atoms with Crippen molar-refractivity contribution < 1.29 is 22.8 Å². The number of nitrogens with one attached hydrogen (secondary N) is 2. The second kappa shape index (κ2) is 7.20. The van der Waals surface area contributed by atoms with E-state index in [0.717, 1.165) is 23.1 Å². The Hall–Kier alpha value is -2.19. The minimum Gasteiger partial charge on any atom is -0.325 e.